The van der Waals surface area contributed by atoms with E-state index in [1.807, 2.05) is 0 Å². The molecule has 0 radical (unpaired) electrons. The summed E-state index contributed by atoms with van der Waals surface area (Å²) in [6.07, 6.45) is -2.96. The summed E-state index contributed by atoms with van der Waals surface area (Å²) in [5.74, 6) is -4.13. The zero-order valence-corrected chi connectivity index (χ0v) is 20.5. The third-order valence-corrected chi connectivity index (χ3v) is 5.60. The fourth-order valence-electron chi connectivity index (χ4n) is 4.12. The summed E-state index contributed by atoms with van der Waals surface area (Å²) in [5.41, 5.74) is -2.17. The maximum absolute atomic E-state index is 13.1. The Labute approximate surface area is 209 Å². The van der Waals surface area contributed by atoms with Crippen molar-refractivity contribution in [1.29, 1.82) is 0 Å². The van der Waals surface area contributed by atoms with E-state index in [0.717, 1.165) is 23.8 Å². The molecule has 1 aromatic carbocycles. The summed E-state index contributed by atoms with van der Waals surface area (Å²) in [4.78, 5) is 82.2. The second-order valence-corrected chi connectivity index (χ2v) is 9.48. The molecule has 1 aromatic heterocycles. The van der Waals surface area contributed by atoms with E-state index < -0.39 is 71.6 Å². The largest absolute Gasteiger partial charge is 0.458 e. The first-order valence-corrected chi connectivity index (χ1v) is 11.3. The highest BCUT2D eigenvalue weighted by Crippen LogP contribution is 2.38. The van der Waals surface area contributed by atoms with Crippen LogP contribution in [-0.2, 0) is 28.6 Å². The van der Waals surface area contributed by atoms with Gasteiger partial charge in [-0.05, 0) is 32.9 Å². The van der Waals surface area contributed by atoms with Crippen LogP contribution in [0.2, 0.25) is 0 Å². The highest BCUT2D eigenvalue weighted by Gasteiger charge is 2.53. The number of hydroxylamine groups is 2. The molecule has 3 heterocycles. The Bertz CT molecular complexity index is 1340. The number of nitrogens with one attached hydrogen (secondary N) is 1. The van der Waals surface area contributed by atoms with Crippen LogP contribution < -0.4 is 11.2 Å². The number of hydrogen-bond donors (Lipinski definition) is 1. The van der Waals surface area contributed by atoms with Crippen molar-refractivity contribution in [3.63, 3.8) is 0 Å². The van der Waals surface area contributed by atoms with Gasteiger partial charge in [-0.25, -0.2) is 9.59 Å². The predicted molar refractivity (Wildman–Crippen MR) is 123 cm³/mol. The molecular weight excluding hydrogens is 490 g/mol. The fourth-order valence-corrected chi connectivity index (χ4v) is 4.12. The highest BCUT2D eigenvalue weighted by atomic mass is 16.7. The maximum atomic E-state index is 13.1. The number of carbonyl (C=O) groups excluding carboxylic acids is 4. The van der Waals surface area contributed by atoms with Gasteiger partial charge in [-0.3, -0.25) is 33.6 Å². The van der Waals surface area contributed by atoms with Crippen molar-refractivity contribution in [2.24, 2.45) is 5.92 Å². The van der Waals surface area contributed by atoms with Crippen LogP contribution in [-0.4, -0.2) is 62.8 Å². The van der Waals surface area contributed by atoms with Gasteiger partial charge < -0.3 is 14.2 Å². The molecule has 1 fully saturated rings. The molecule has 4 rings (SSSR count). The summed E-state index contributed by atoms with van der Waals surface area (Å²) >= 11 is 0. The van der Waals surface area contributed by atoms with E-state index in [1.54, 1.807) is 32.9 Å². The zero-order chi connectivity index (χ0) is 27.1. The first kappa shape index (κ1) is 26.0. The lowest BCUT2D eigenvalue weighted by molar-refractivity contribution is -0.174. The van der Waals surface area contributed by atoms with E-state index in [0.29, 0.717) is 5.06 Å². The number of rotatable bonds is 6. The van der Waals surface area contributed by atoms with E-state index in [4.69, 9.17) is 19.0 Å². The molecule has 2 aliphatic rings. The summed E-state index contributed by atoms with van der Waals surface area (Å²) in [6, 6.07) is 7.20. The second kappa shape index (κ2) is 9.75. The molecule has 0 unspecified atom stereocenters. The Kier molecular flexibility index (Phi) is 6.84. The van der Waals surface area contributed by atoms with Crippen molar-refractivity contribution >= 4 is 23.8 Å². The lowest BCUT2D eigenvalue weighted by Crippen LogP contribution is -2.43. The Hall–Kier alpha value is -4.10. The monoisotopic (exact) mass is 515 g/mol. The van der Waals surface area contributed by atoms with Crippen molar-refractivity contribution in [3.05, 3.63) is 68.5 Å². The quantitative estimate of drug-likeness (QED) is 0.424. The zero-order valence-electron chi connectivity index (χ0n) is 20.5. The lowest BCUT2D eigenvalue weighted by atomic mass is 9.98. The van der Waals surface area contributed by atoms with E-state index in [-0.39, 0.29) is 11.1 Å². The first-order chi connectivity index (χ1) is 17.4. The number of fused-ring (bicyclic) bond motifs is 1. The van der Waals surface area contributed by atoms with Gasteiger partial charge in [0.2, 0.25) is 0 Å². The van der Waals surface area contributed by atoms with E-state index in [2.05, 4.69) is 4.98 Å². The van der Waals surface area contributed by atoms with Crippen molar-refractivity contribution in [3.8, 4) is 0 Å². The smallest absolute Gasteiger partial charge is 0.336 e. The second-order valence-electron chi connectivity index (χ2n) is 9.48. The molecule has 196 valence electrons. The first-order valence-electron chi connectivity index (χ1n) is 11.3. The number of nitrogens with zero attached hydrogens (tertiary/aromatic N) is 2. The standard InChI is InChI=1S/C24H25N3O10/c1-12(28)35-17-15(11-34-27-19(30)13-7-5-6-8-14(13)20(27)31)18(22(32)37-24(2,3)4)36-21(17)26-10-9-16(29)25-23(26)33/h5-10,15,17-18,21H,11H2,1-4H3,(H,25,29,33)/t15-,17+,18-,21+/m0/s1. The van der Waals surface area contributed by atoms with Crippen LogP contribution in [0, 0.1) is 5.92 Å². The van der Waals surface area contributed by atoms with E-state index in [9.17, 15) is 28.8 Å². The van der Waals surface area contributed by atoms with Gasteiger partial charge in [0.15, 0.2) is 18.4 Å². The van der Waals surface area contributed by atoms with Crippen molar-refractivity contribution in [1.82, 2.24) is 14.6 Å². The van der Waals surface area contributed by atoms with Gasteiger partial charge in [0, 0.05) is 19.2 Å². The Morgan fingerprint density at radius 1 is 1.03 bits per heavy atom. The van der Waals surface area contributed by atoms with Gasteiger partial charge in [-0.2, -0.15) is 0 Å². The maximum Gasteiger partial charge on any atom is 0.336 e. The van der Waals surface area contributed by atoms with Crippen LogP contribution in [0.25, 0.3) is 0 Å². The number of amides is 2. The minimum atomic E-state index is -1.43. The molecule has 1 saturated heterocycles. The number of hydrogen-bond acceptors (Lipinski definition) is 10. The topological polar surface area (TPSA) is 163 Å². The van der Waals surface area contributed by atoms with Crippen molar-refractivity contribution in [2.45, 2.75) is 51.7 Å². The summed E-state index contributed by atoms with van der Waals surface area (Å²) in [7, 11) is 0. The molecule has 0 bridgehead atoms. The summed E-state index contributed by atoms with van der Waals surface area (Å²) < 4.78 is 17.7. The average molecular weight is 515 g/mol. The third kappa shape index (κ3) is 5.22. The number of aromatic amines is 1. The Morgan fingerprint density at radius 2 is 1.65 bits per heavy atom. The predicted octanol–water partition coefficient (Wildman–Crippen LogP) is 0.551. The summed E-state index contributed by atoms with van der Waals surface area (Å²) in [6.45, 7) is 5.53. The van der Waals surface area contributed by atoms with Crippen LogP contribution in [0.4, 0.5) is 0 Å². The molecule has 0 saturated carbocycles. The number of esters is 2. The molecule has 2 aromatic rings. The molecule has 1 N–H and O–H groups in total. The lowest BCUT2D eigenvalue weighted by Gasteiger charge is -2.26. The number of H-pyrrole nitrogens is 1. The highest BCUT2D eigenvalue weighted by molar-refractivity contribution is 6.20. The van der Waals surface area contributed by atoms with Crippen molar-refractivity contribution in [2.75, 3.05) is 6.61 Å². The van der Waals surface area contributed by atoms with Gasteiger partial charge in [-0.15, -0.1) is 5.06 Å². The third-order valence-electron chi connectivity index (χ3n) is 5.60. The molecule has 2 aliphatic heterocycles. The van der Waals surface area contributed by atoms with E-state index in [1.165, 1.54) is 12.1 Å². The molecule has 0 spiro atoms. The van der Waals surface area contributed by atoms with Crippen LogP contribution in [0.5, 0.6) is 0 Å². The van der Waals surface area contributed by atoms with Crippen LogP contribution in [0.1, 0.15) is 54.6 Å². The van der Waals surface area contributed by atoms with Crippen LogP contribution >= 0.6 is 0 Å². The fraction of sp³-hybridized carbons (Fsp3) is 0.417. The Morgan fingerprint density at radius 3 is 2.19 bits per heavy atom. The minimum Gasteiger partial charge on any atom is -0.458 e. The van der Waals surface area contributed by atoms with Crippen LogP contribution in [0.3, 0.4) is 0 Å². The molecule has 2 amide bonds. The summed E-state index contributed by atoms with van der Waals surface area (Å²) in [5, 5.41) is 0.557. The number of ether oxygens (including phenoxy) is 3. The van der Waals surface area contributed by atoms with Gasteiger partial charge in [0.1, 0.15) is 5.60 Å². The molecule has 13 nitrogen and oxygen atoms in total. The molecule has 37 heavy (non-hydrogen) atoms. The van der Waals surface area contributed by atoms with Crippen LogP contribution in [0.15, 0.2) is 46.1 Å². The Balaban J connectivity index is 1.68. The number of carbonyl (C=O) groups is 4. The normalized spacial score (nSPS) is 23.2. The van der Waals surface area contributed by atoms with Gasteiger partial charge in [0.05, 0.1) is 23.7 Å². The molecule has 13 heteroatoms. The van der Waals surface area contributed by atoms with Gasteiger partial charge in [0.25, 0.3) is 17.4 Å². The molecule has 4 atom stereocenters. The van der Waals surface area contributed by atoms with Gasteiger partial charge >= 0.3 is 17.6 Å². The SMILES string of the molecule is CC(=O)O[C@@H]1[C@H](CON2C(=O)c3ccccc3C2=O)[C@@H](C(=O)OC(C)(C)C)O[C@H]1n1ccc(=O)[nH]c1=O. The minimum absolute atomic E-state index is 0.146. The number of benzene rings is 1. The molecular formula is C24H25N3O10. The molecule has 0 aliphatic carbocycles. The average Bonchev–Trinajstić information content (AvgIpc) is 3.26. The van der Waals surface area contributed by atoms with Gasteiger partial charge in [-0.1, -0.05) is 12.1 Å². The van der Waals surface area contributed by atoms with Crippen molar-refractivity contribution < 1.29 is 38.2 Å². The number of imide groups is 1. The van der Waals surface area contributed by atoms with E-state index >= 15 is 0 Å². The number of aromatic nitrogens is 2.